The Labute approximate surface area is 243 Å². The van der Waals surface area contributed by atoms with Crippen LogP contribution in [-0.4, -0.2) is 61.1 Å². The highest BCUT2D eigenvalue weighted by Gasteiger charge is 2.20. The minimum atomic E-state index is -0.934. The molecule has 0 aliphatic carbocycles. The predicted octanol–water partition coefficient (Wildman–Crippen LogP) is 5.52. The van der Waals surface area contributed by atoms with Crippen LogP contribution in [0.1, 0.15) is 23.2 Å². The zero-order chi connectivity index (χ0) is 29.5. The molecular formula is C27H29F2N7O3S2. The third kappa shape index (κ3) is 7.74. The fraction of sp³-hybridized carbons (Fsp3) is 0.259. The van der Waals surface area contributed by atoms with Crippen molar-refractivity contribution in [2.75, 3.05) is 50.7 Å². The molecule has 10 nitrogen and oxygen atoms in total. The summed E-state index contributed by atoms with van der Waals surface area (Å²) in [6.07, 6.45) is 1.80. The molecule has 0 bridgehead atoms. The Hall–Kier alpha value is -4.14. The topological polar surface area (TPSA) is 134 Å². The number of anilines is 3. The lowest BCUT2D eigenvalue weighted by atomic mass is 10.1. The normalized spacial score (nSPS) is 11.0. The number of rotatable bonds is 11. The van der Waals surface area contributed by atoms with Crippen LogP contribution in [0.3, 0.4) is 0 Å². The van der Waals surface area contributed by atoms with Crippen molar-refractivity contribution >= 4 is 51.2 Å². The first-order chi connectivity index (χ1) is 19.6. The van der Waals surface area contributed by atoms with Gasteiger partial charge in [0.2, 0.25) is 0 Å². The van der Waals surface area contributed by atoms with Gasteiger partial charge >= 0.3 is 6.03 Å². The molecule has 0 saturated heterocycles. The van der Waals surface area contributed by atoms with Crippen molar-refractivity contribution in [3.8, 4) is 26.9 Å². The number of carbonyl (C=O) groups is 2. The maximum Gasteiger partial charge on any atom is 0.321 e. The second-order valence-electron chi connectivity index (χ2n) is 9.16. The maximum absolute atomic E-state index is 14.8. The summed E-state index contributed by atoms with van der Waals surface area (Å²) in [7, 11) is 5.45. The molecule has 2 heterocycles. The van der Waals surface area contributed by atoms with Crippen LogP contribution in [0.15, 0.2) is 41.8 Å². The number of methoxy groups -OCH3 is 1. The van der Waals surface area contributed by atoms with Gasteiger partial charge in [-0.3, -0.25) is 10.1 Å². The van der Waals surface area contributed by atoms with Crippen LogP contribution in [0.5, 0.6) is 5.75 Å². The summed E-state index contributed by atoms with van der Waals surface area (Å²) < 4.78 is 34.5. The lowest BCUT2D eigenvalue weighted by molar-refractivity contribution is 0.102. The average molecular weight is 602 g/mol. The van der Waals surface area contributed by atoms with E-state index in [9.17, 15) is 18.4 Å². The van der Waals surface area contributed by atoms with E-state index in [4.69, 9.17) is 10.5 Å². The number of carbonyl (C=O) groups excluding carboxylic acids is 2. The number of ether oxygens (including phenoxy) is 1. The lowest BCUT2D eigenvalue weighted by Crippen LogP contribution is -2.29. The van der Waals surface area contributed by atoms with Crippen molar-refractivity contribution in [2.45, 2.75) is 12.8 Å². The summed E-state index contributed by atoms with van der Waals surface area (Å²) in [6.45, 7) is 1.46. The molecule has 0 atom stereocenters. The molecule has 41 heavy (non-hydrogen) atoms. The Bertz CT molecular complexity index is 1540. The molecular weight excluding hydrogens is 572 g/mol. The molecule has 0 aliphatic heterocycles. The van der Waals surface area contributed by atoms with E-state index in [1.165, 1.54) is 30.6 Å². The number of hydrogen-bond acceptors (Lipinski definition) is 9. The zero-order valence-corrected chi connectivity index (χ0v) is 24.2. The second kappa shape index (κ2) is 13.5. The molecule has 4 aromatic rings. The molecule has 14 heteroatoms. The number of halogens is 2. The van der Waals surface area contributed by atoms with Crippen molar-refractivity contribution in [3.05, 3.63) is 59.0 Å². The quantitative estimate of drug-likeness (QED) is 0.166. The number of amides is 3. The van der Waals surface area contributed by atoms with Gasteiger partial charge in [0.1, 0.15) is 33.1 Å². The molecule has 3 amide bonds. The smallest absolute Gasteiger partial charge is 0.321 e. The van der Waals surface area contributed by atoms with Crippen molar-refractivity contribution in [1.29, 1.82) is 0 Å². The number of nitrogens with one attached hydrogen (secondary N) is 3. The molecule has 0 spiro atoms. The zero-order valence-electron chi connectivity index (χ0n) is 22.6. The Kier molecular flexibility index (Phi) is 9.81. The Morgan fingerprint density at radius 1 is 1.07 bits per heavy atom. The number of nitrogens with zero attached hydrogens (tertiary/aromatic N) is 3. The summed E-state index contributed by atoms with van der Waals surface area (Å²) in [6, 6.07) is 7.83. The molecule has 0 radical (unpaired) electrons. The maximum atomic E-state index is 14.8. The minimum Gasteiger partial charge on any atom is -0.497 e. The average Bonchev–Trinajstić information content (AvgIpc) is 3.56. The number of hydrogen-bond donors (Lipinski definition) is 4. The van der Waals surface area contributed by atoms with Crippen molar-refractivity contribution < 1.29 is 23.1 Å². The third-order valence-corrected chi connectivity index (χ3v) is 7.79. The fourth-order valence-electron chi connectivity index (χ4n) is 3.74. The van der Waals surface area contributed by atoms with Crippen LogP contribution in [0.4, 0.5) is 30.2 Å². The summed E-state index contributed by atoms with van der Waals surface area (Å²) in [5, 5.41) is 10.2. The van der Waals surface area contributed by atoms with Crippen molar-refractivity contribution in [2.24, 2.45) is 0 Å². The molecule has 2 aromatic carbocycles. The van der Waals surface area contributed by atoms with Gasteiger partial charge in [0.05, 0.1) is 18.5 Å². The van der Waals surface area contributed by atoms with Gasteiger partial charge in [-0.2, -0.15) is 0 Å². The number of unbranched alkanes of at least 4 members (excludes halogenated alkanes) is 1. The molecule has 4 rings (SSSR count). The molecule has 5 N–H and O–H groups in total. The van der Waals surface area contributed by atoms with E-state index in [0.29, 0.717) is 28.2 Å². The van der Waals surface area contributed by atoms with E-state index in [2.05, 4.69) is 30.8 Å². The van der Waals surface area contributed by atoms with Gasteiger partial charge in [-0.1, -0.05) is 17.4 Å². The molecule has 0 saturated carbocycles. The van der Waals surface area contributed by atoms with Gasteiger partial charge in [0.15, 0.2) is 5.13 Å². The van der Waals surface area contributed by atoms with Crippen LogP contribution in [0.2, 0.25) is 0 Å². The molecule has 2 aromatic heterocycles. The number of benzene rings is 2. The van der Waals surface area contributed by atoms with E-state index in [0.717, 1.165) is 30.7 Å². The van der Waals surface area contributed by atoms with E-state index in [1.54, 1.807) is 23.6 Å². The number of nitrogen functional groups attached to an aromatic ring is 1. The summed E-state index contributed by atoms with van der Waals surface area (Å²) in [5.74, 6) is -1.75. The first kappa shape index (κ1) is 29.8. The highest BCUT2D eigenvalue weighted by atomic mass is 32.1. The molecule has 0 fully saturated rings. The van der Waals surface area contributed by atoms with Crippen LogP contribution in [0, 0.1) is 11.6 Å². The summed E-state index contributed by atoms with van der Waals surface area (Å²) in [5.41, 5.74) is 6.33. The second-order valence-corrected chi connectivity index (χ2v) is 11.0. The highest BCUT2D eigenvalue weighted by Crippen LogP contribution is 2.39. The predicted molar refractivity (Wildman–Crippen MR) is 159 cm³/mol. The van der Waals surface area contributed by atoms with Crippen molar-refractivity contribution in [3.63, 3.8) is 0 Å². The van der Waals surface area contributed by atoms with E-state index >= 15 is 0 Å². The van der Waals surface area contributed by atoms with Crippen LogP contribution < -0.4 is 26.4 Å². The SMILES string of the molecule is COc1cccc(C(=O)Nc2cc(-c3csc(-c4sc(NC(=O)NCCCCN(C)C)nc4N)n3)c(F)cc2F)c1. The Morgan fingerprint density at radius 3 is 2.63 bits per heavy atom. The van der Waals surface area contributed by atoms with E-state index in [-0.39, 0.29) is 33.5 Å². The van der Waals surface area contributed by atoms with Crippen LogP contribution >= 0.6 is 22.7 Å². The molecule has 0 aliphatic rings. The fourth-order valence-corrected chi connectivity index (χ4v) is 5.54. The number of nitrogens with two attached hydrogens (primary N) is 1. The molecule has 0 unspecified atom stereocenters. The van der Waals surface area contributed by atoms with Gasteiger partial charge in [0, 0.05) is 29.1 Å². The first-order valence-electron chi connectivity index (χ1n) is 12.5. The van der Waals surface area contributed by atoms with Crippen LogP contribution in [0.25, 0.3) is 21.1 Å². The lowest BCUT2D eigenvalue weighted by Gasteiger charge is -2.10. The Balaban J connectivity index is 1.46. The van der Waals surface area contributed by atoms with E-state index in [1.807, 2.05) is 14.1 Å². The minimum absolute atomic E-state index is 0.00933. The van der Waals surface area contributed by atoms with Crippen LogP contribution in [-0.2, 0) is 0 Å². The highest BCUT2D eigenvalue weighted by molar-refractivity contribution is 7.23. The Morgan fingerprint density at radius 2 is 1.88 bits per heavy atom. The third-order valence-electron chi connectivity index (χ3n) is 5.80. The number of urea groups is 1. The first-order valence-corrected chi connectivity index (χ1v) is 14.2. The van der Waals surface area contributed by atoms with Gasteiger partial charge in [-0.15, -0.1) is 11.3 Å². The standard InChI is InChI=1S/C27H29F2N7O3S2/c1-36(2)10-5-4-9-31-26(38)35-27-34-23(30)22(41-27)25-33-21(14-40-25)17-12-20(19(29)13-18(17)28)32-24(37)15-7-6-8-16(11-15)39-3/h6-8,11-14H,4-5,9-10,30H2,1-3H3,(H,32,37)(H2,31,34,35,38). The number of aromatic nitrogens is 2. The monoisotopic (exact) mass is 601 g/mol. The summed E-state index contributed by atoms with van der Waals surface area (Å²) in [4.78, 5) is 36.1. The molecule has 216 valence electrons. The summed E-state index contributed by atoms with van der Waals surface area (Å²) >= 11 is 2.31. The largest absolute Gasteiger partial charge is 0.497 e. The van der Waals surface area contributed by atoms with Gasteiger partial charge in [0.25, 0.3) is 5.91 Å². The van der Waals surface area contributed by atoms with E-state index < -0.39 is 23.6 Å². The van der Waals surface area contributed by atoms with Crippen molar-refractivity contribution in [1.82, 2.24) is 20.2 Å². The van der Waals surface area contributed by atoms with Gasteiger partial charge in [-0.25, -0.2) is 23.5 Å². The van der Waals surface area contributed by atoms with Gasteiger partial charge < -0.3 is 26.0 Å². The van der Waals surface area contributed by atoms with Gasteiger partial charge in [-0.05, 0) is 57.7 Å². The number of thiazole rings is 2.